The Bertz CT molecular complexity index is 974. The van der Waals surface area contributed by atoms with Crippen LogP contribution in [0.3, 0.4) is 0 Å². The molecule has 0 bridgehead atoms. The number of aromatic nitrogens is 2. The Kier molecular flexibility index (Phi) is 3.56. The molecule has 122 valence electrons. The van der Waals surface area contributed by atoms with E-state index in [1.54, 1.807) is 18.2 Å². The van der Waals surface area contributed by atoms with Gasteiger partial charge in [0.15, 0.2) is 0 Å². The van der Waals surface area contributed by atoms with E-state index >= 15 is 0 Å². The van der Waals surface area contributed by atoms with E-state index in [4.69, 9.17) is 0 Å². The Labute approximate surface area is 139 Å². The van der Waals surface area contributed by atoms with Crippen LogP contribution in [0.1, 0.15) is 18.4 Å². The second-order valence-corrected chi connectivity index (χ2v) is 6.24. The molecular formula is C19H18FN3O. The first-order valence-electron chi connectivity index (χ1n) is 8.18. The topological polar surface area (TPSA) is 49.0 Å². The lowest BCUT2D eigenvalue weighted by Gasteiger charge is -2.20. The highest BCUT2D eigenvalue weighted by molar-refractivity contribution is 5.80. The van der Waals surface area contributed by atoms with Gasteiger partial charge in [-0.1, -0.05) is 12.1 Å². The minimum atomic E-state index is -0.270. The van der Waals surface area contributed by atoms with Gasteiger partial charge in [-0.15, -0.1) is 0 Å². The lowest BCUT2D eigenvalue weighted by Crippen LogP contribution is -2.19. The van der Waals surface area contributed by atoms with Crippen LogP contribution in [0.15, 0.2) is 41.2 Å². The average molecular weight is 323 g/mol. The van der Waals surface area contributed by atoms with E-state index in [0.717, 1.165) is 31.5 Å². The standard InChI is InChI=1S/C19H18FN3O/c1-12-10-17(23-8-4-5-9-23)15(20)11-14(12)18-21-16-7-3-2-6-13(16)19(24)22-18/h2-3,6-7,10-11H,4-5,8-9H2,1H3,(H,21,22,24). The van der Waals surface area contributed by atoms with Crippen LogP contribution in [0.25, 0.3) is 22.3 Å². The van der Waals surface area contributed by atoms with Crippen molar-refractivity contribution in [3.05, 3.63) is 58.1 Å². The molecular weight excluding hydrogens is 305 g/mol. The molecule has 0 amide bonds. The van der Waals surface area contributed by atoms with E-state index in [-0.39, 0.29) is 11.4 Å². The molecule has 4 rings (SSSR count). The number of para-hydroxylation sites is 1. The number of hydrogen-bond donors (Lipinski definition) is 1. The molecule has 3 aromatic rings. The van der Waals surface area contributed by atoms with Gasteiger partial charge in [0.25, 0.3) is 5.56 Å². The second kappa shape index (κ2) is 5.74. The highest BCUT2D eigenvalue weighted by atomic mass is 19.1. The molecule has 0 radical (unpaired) electrons. The summed E-state index contributed by atoms with van der Waals surface area (Å²) in [6, 6.07) is 10.5. The Morgan fingerprint density at radius 1 is 1.17 bits per heavy atom. The number of nitrogens with one attached hydrogen (secondary N) is 1. The van der Waals surface area contributed by atoms with E-state index in [1.165, 1.54) is 6.07 Å². The first-order chi connectivity index (χ1) is 11.6. The molecule has 2 aromatic carbocycles. The molecule has 1 aromatic heterocycles. The van der Waals surface area contributed by atoms with Gasteiger partial charge in [-0.3, -0.25) is 4.79 Å². The minimum Gasteiger partial charge on any atom is -0.369 e. The van der Waals surface area contributed by atoms with E-state index in [0.29, 0.717) is 28.0 Å². The van der Waals surface area contributed by atoms with Crippen molar-refractivity contribution in [3.8, 4) is 11.4 Å². The van der Waals surface area contributed by atoms with Crippen molar-refractivity contribution in [2.75, 3.05) is 18.0 Å². The zero-order valence-corrected chi connectivity index (χ0v) is 13.5. The maximum absolute atomic E-state index is 14.6. The molecule has 1 saturated heterocycles. The van der Waals surface area contributed by atoms with E-state index in [2.05, 4.69) is 14.9 Å². The van der Waals surface area contributed by atoms with Crippen LogP contribution in [0, 0.1) is 12.7 Å². The van der Waals surface area contributed by atoms with Crippen LogP contribution >= 0.6 is 0 Å². The number of nitrogens with zero attached hydrogens (tertiary/aromatic N) is 2. The van der Waals surface area contributed by atoms with Gasteiger partial charge in [-0.25, -0.2) is 9.37 Å². The van der Waals surface area contributed by atoms with Crippen molar-refractivity contribution in [2.45, 2.75) is 19.8 Å². The smallest absolute Gasteiger partial charge is 0.259 e. The number of aromatic amines is 1. The summed E-state index contributed by atoms with van der Waals surface area (Å²) in [4.78, 5) is 21.6. The van der Waals surface area contributed by atoms with E-state index in [9.17, 15) is 9.18 Å². The largest absolute Gasteiger partial charge is 0.369 e. The van der Waals surface area contributed by atoms with Gasteiger partial charge >= 0.3 is 0 Å². The fourth-order valence-corrected chi connectivity index (χ4v) is 3.34. The summed E-state index contributed by atoms with van der Waals surface area (Å²) >= 11 is 0. The summed E-state index contributed by atoms with van der Waals surface area (Å²) in [5, 5.41) is 0.535. The van der Waals surface area contributed by atoms with Gasteiger partial charge in [0.1, 0.15) is 11.6 Å². The van der Waals surface area contributed by atoms with Crippen molar-refractivity contribution < 1.29 is 4.39 Å². The summed E-state index contributed by atoms with van der Waals surface area (Å²) < 4.78 is 14.6. The Balaban J connectivity index is 1.85. The predicted octanol–water partition coefficient (Wildman–Crippen LogP) is 3.64. The van der Waals surface area contributed by atoms with Crippen LogP contribution in [-0.4, -0.2) is 23.1 Å². The molecule has 1 aliphatic rings. The molecule has 2 heterocycles. The molecule has 24 heavy (non-hydrogen) atoms. The number of anilines is 1. The van der Waals surface area contributed by atoms with Gasteiger partial charge in [0, 0.05) is 18.7 Å². The summed E-state index contributed by atoms with van der Waals surface area (Å²) in [5.74, 6) is 0.136. The summed E-state index contributed by atoms with van der Waals surface area (Å²) in [7, 11) is 0. The Morgan fingerprint density at radius 3 is 2.71 bits per heavy atom. The summed E-state index contributed by atoms with van der Waals surface area (Å²) in [6.45, 7) is 3.70. The Hall–Kier alpha value is -2.69. The molecule has 1 aliphatic heterocycles. The number of H-pyrrole nitrogens is 1. The fraction of sp³-hybridized carbons (Fsp3) is 0.263. The SMILES string of the molecule is Cc1cc(N2CCCC2)c(F)cc1-c1nc2ccccc2c(=O)[nH]1. The summed E-state index contributed by atoms with van der Waals surface area (Å²) in [6.07, 6.45) is 2.19. The normalized spacial score (nSPS) is 14.5. The first-order valence-corrected chi connectivity index (χ1v) is 8.18. The van der Waals surface area contributed by atoms with Gasteiger partial charge in [0.05, 0.1) is 16.6 Å². The van der Waals surface area contributed by atoms with Gasteiger partial charge in [0.2, 0.25) is 0 Å². The highest BCUT2D eigenvalue weighted by Crippen LogP contribution is 2.30. The average Bonchev–Trinajstić information content (AvgIpc) is 3.11. The molecule has 0 atom stereocenters. The van der Waals surface area contributed by atoms with Crippen molar-refractivity contribution in [1.82, 2.24) is 9.97 Å². The van der Waals surface area contributed by atoms with Crippen molar-refractivity contribution in [1.29, 1.82) is 0 Å². The quantitative estimate of drug-likeness (QED) is 0.783. The van der Waals surface area contributed by atoms with Crippen molar-refractivity contribution in [2.24, 2.45) is 0 Å². The third kappa shape index (κ3) is 2.46. The number of benzene rings is 2. The van der Waals surface area contributed by atoms with Crippen molar-refractivity contribution in [3.63, 3.8) is 0 Å². The maximum atomic E-state index is 14.6. The Morgan fingerprint density at radius 2 is 1.92 bits per heavy atom. The van der Waals surface area contributed by atoms with Gasteiger partial charge in [-0.2, -0.15) is 0 Å². The third-order valence-corrected chi connectivity index (χ3v) is 4.61. The number of rotatable bonds is 2. The maximum Gasteiger partial charge on any atom is 0.259 e. The van der Waals surface area contributed by atoms with Gasteiger partial charge in [-0.05, 0) is 49.6 Å². The van der Waals surface area contributed by atoms with Crippen LogP contribution in [-0.2, 0) is 0 Å². The first kappa shape index (κ1) is 14.9. The van der Waals surface area contributed by atoms with Crippen LogP contribution in [0.2, 0.25) is 0 Å². The zero-order valence-electron chi connectivity index (χ0n) is 13.5. The predicted molar refractivity (Wildman–Crippen MR) is 93.9 cm³/mol. The van der Waals surface area contributed by atoms with Gasteiger partial charge < -0.3 is 9.88 Å². The summed E-state index contributed by atoms with van der Waals surface area (Å²) in [5.41, 5.74) is 2.56. The monoisotopic (exact) mass is 323 g/mol. The third-order valence-electron chi connectivity index (χ3n) is 4.61. The number of hydrogen-bond acceptors (Lipinski definition) is 3. The van der Waals surface area contributed by atoms with E-state index in [1.807, 2.05) is 19.1 Å². The molecule has 5 heteroatoms. The second-order valence-electron chi connectivity index (χ2n) is 6.24. The molecule has 0 unspecified atom stereocenters. The van der Waals surface area contributed by atoms with Crippen LogP contribution < -0.4 is 10.5 Å². The lowest BCUT2D eigenvalue weighted by molar-refractivity contribution is 0.623. The highest BCUT2D eigenvalue weighted by Gasteiger charge is 2.19. The molecule has 0 saturated carbocycles. The minimum absolute atomic E-state index is 0.209. The molecule has 0 spiro atoms. The number of halogens is 1. The molecule has 4 nitrogen and oxygen atoms in total. The van der Waals surface area contributed by atoms with E-state index < -0.39 is 0 Å². The van der Waals surface area contributed by atoms with Crippen LogP contribution in [0.5, 0.6) is 0 Å². The number of fused-ring (bicyclic) bond motifs is 1. The molecule has 1 N–H and O–H groups in total. The number of aryl methyl sites for hydroxylation is 1. The lowest BCUT2D eigenvalue weighted by atomic mass is 10.1. The molecule has 0 aliphatic carbocycles. The molecule has 1 fully saturated rings. The fourth-order valence-electron chi connectivity index (χ4n) is 3.34. The van der Waals surface area contributed by atoms with Crippen LogP contribution in [0.4, 0.5) is 10.1 Å². The zero-order chi connectivity index (χ0) is 16.7. The van der Waals surface area contributed by atoms with Crippen molar-refractivity contribution >= 4 is 16.6 Å².